The average Bonchev–Trinajstić information content (AvgIpc) is 3.05. The minimum Gasteiger partial charge on any atom is -0.493 e. The molecule has 1 heterocycles. The highest BCUT2D eigenvalue weighted by Gasteiger charge is 2.25. The first-order valence-corrected chi connectivity index (χ1v) is 7.76. The lowest BCUT2D eigenvalue weighted by atomic mass is 10.1. The van der Waals surface area contributed by atoms with Crippen molar-refractivity contribution < 1.29 is 18.8 Å². The summed E-state index contributed by atoms with van der Waals surface area (Å²) in [6.07, 6.45) is -0.866. The molecule has 1 amide bonds. The van der Waals surface area contributed by atoms with Gasteiger partial charge in [0, 0.05) is 11.6 Å². The molecule has 1 N–H and O–H groups in total. The summed E-state index contributed by atoms with van der Waals surface area (Å²) < 4.78 is 16.2. The quantitative estimate of drug-likeness (QED) is 0.741. The van der Waals surface area contributed by atoms with Crippen molar-refractivity contribution >= 4 is 11.7 Å². The molecule has 0 radical (unpaired) electrons. The second-order valence-corrected chi connectivity index (χ2v) is 5.37. The van der Waals surface area contributed by atoms with E-state index < -0.39 is 6.10 Å². The number of aromatic nitrogens is 1. The fraction of sp³-hybridized carbons (Fsp3) is 0.158. The molecule has 0 saturated carbocycles. The Bertz CT molecular complexity index is 845. The Morgan fingerprint density at radius 2 is 1.76 bits per heavy atom. The molecule has 1 aromatic heterocycles. The molecule has 1 unspecified atom stereocenters. The number of nitrogens with zero attached hydrogens (tertiary/aromatic N) is 1. The minimum absolute atomic E-state index is 0.340. The lowest BCUT2D eigenvalue weighted by molar-refractivity contribution is -0.123. The molecule has 3 rings (SSSR count). The Hall–Kier alpha value is -3.28. The van der Waals surface area contributed by atoms with E-state index in [-0.39, 0.29) is 5.91 Å². The highest BCUT2D eigenvalue weighted by atomic mass is 16.5. The number of amides is 1. The summed E-state index contributed by atoms with van der Waals surface area (Å²) in [6, 6.07) is 18.1. The lowest BCUT2D eigenvalue weighted by Gasteiger charge is -2.19. The van der Waals surface area contributed by atoms with E-state index in [0.717, 1.165) is 0 Å². The molecular weight excluding hydrogens is 320 g/mol. The molecule has 0 saturated heterocycles. The highest BCUT2D eigenvalue weighted by molar-refractivity contribution is 5.94. The molecule has 2 aromatic carbocycles. The monoisotopic (exact) mass is 338 g/mol. The van der Waals surface area contributed by atoms with Crippen LogP contribution in [0.25, 0.3) is 0 Å². The number of ether oxygens (including phenoxy) is 2. The van der Waals surface area contributed by atoms with Gasteiger partial charge in [-0.2, -0.15) is 0 Å². The number of rotatable bonds is 6. The normalized spacial score (nSPS) is 11.6. The zero-order chi connectivity index (χ0) is 17.6. The fourth-order valence-electron chi connectivity index (χ4n) is 2.36. The van der Waals surface area contributed by atoms with Crippen molar-refractivity contribution in [3.8, 4) is 11.5 Å². The summed E-state index contributed by atoms with van der Waals surface area (Å²) in [6.45, 7) is 1.75. The van der Waals surface area contributed by atoms with Gasteiger partial charge in [-0.05, 0) is 19.1 Å². The van der Waals surface area contributed by atoms with E-state index >= 15 is 0 Å². The van der Waals surface area contributed by atoms with Crippen molar-refractivity contribution in [3.63, 3.8) is 0 Å². The number of methoxy groups -OCH3 is 1. The molecular formula is C19H18N2O4. The number of anilines is 1. The van der Waals surface area contributed by atoms with Crippen LogP contribution < -0.4 is 14.8 Å². The van der Waals surface area contributed by atoms with Crippen LogP contribution in [-0.4, -0.2) is 18.2 Å². The number of hydrogen-bond acceptors (Lipinski definition) is 5. The van der Waals surface area contributed by atoms with E-state index in [2.05, 4.69) is 10.5 Å². The predicted octanol–water partition coefficient (Wildman–Crippen LogP) is 3.75. The second-order valence-electron chi connectivity index (χ2n) is 5.37. The smallest absolute Gasteiger partial charge is 0.271 e. The summed E-state index contributed by atoms with van der Waals surface area (Å²) in [5.74, 6) is 1.62. The SMILES string of the molecule is COc1ccccc1OC(C(=O)Nc1cc(C)on1)c1ccccc1. The third kappa shape index (κ3) is 3.98. The number of nitrogens with one attached hydrogen (secondary N) is 1. The molecule has 0 aliphatic carbocycles. The molecule has 3 aromatic rings. The molecule has 0 aliphatic heterocycles. The van der Waals surface area contributed by atoms with Crippen LogP contribution in [0.15, 0.2) is 65.2 Å². The van der Waals surface area contributed by atoms with Gasteiger partial charge in [-0.25, -0.2) is 0 Å². The Kier molecular flexibility index (Phi) is 4.99. The van der Waals surface area contributed by atoms with Gasteiger partial charge >= 0.3 is 0 Å². The standard InChI is InChI=1S/C19H18N2O4/c1-13-12-17(21-25-13)20-19(22)18(14-8-4-3-5-9-14)24-16-11-7-6-10-15(16)23-2/h3-12,18H,1-2H3,(H,20,21,22). The van der Waals surface area contributed by atoms with E-state index in [1.807, 2.05) is 42.5 Å². The summed E-state index contributed by atoms with van der Waals surface area (Å²) >= 11 is 0. The Morgan fingerprint density at radius 1 is 1.08 bits per heavy atom. The highest BCUT2D eigenvalue weighted by Crippen LogP contribution is 2.31. The van der Waals surface area contributed by atoms with Gasteiger partial charge < -0.3 is 19.3 Å². The molecule has 0 aliphatic rings. The van der Waals surface area contributed by atoms with Crippen molar-refractivity contribution in [1.82, 2.24) is 5.16 Å². The van der Waals surface area contributed by atoms with Crippen molar-refractivity contribution in [3.05, 3.63) is 72.0 Å². The molecule has 25 heavy (non-hydrogen) atoms. The minimum atomic E-state index is -0.866. The van der Waals surface area contributed by atoms with E-state index in [9.17, 15) is 4.79 Å². The van der Waals surface area contributed by atoms with Crippen LogP contribution in [0, 0.1) is 6.92 Å². The van der Waals surface area contributed by atoms with Gasteiger partial charge in [-0.3, -0.25) is 4.79 Å². The number of carbonyl (C=O) groups excluding carboxylic acids is 1. The predicted molar refractivity (Wildman–Crippen MR) is 92.7 cm³/mol. The molecule has 0 fully saturated rings. The second kappa shape index (κ2) is 7.53. The third-order valence-electron chi connectivity index (χ3n) is 3.53. The lowest BCUT2D eigenvalue weighted by Crippen LogP contribution is -2.26. The molecule has 0 bridgehead atoms. The molecule has 0 spiro atoms. The first-order valence-electron chi connectivity index (χ1n) is 7.76. The van der Waals surface area contributed by atoms with E-state index in [4.69, 9.17) is 14.0 Å². The van der Waals surface area contributed by atoms with Crippen molar-refractivity contribution in [2.45, 2.75) is 13.0 Å². The number of para-hydroxylation sites is 2. The van der Waals surface area contributed by atoms with Gasteiger partial charge in [-0.1, -0.05) is 47.6 Å². The summed E-state index contributed by atoms with van der Waals surface area (Å²) in [4.78, 5) is 12.8. The average molecular weight is 338 g/mol. The Balaban J connectivity index is 1.88. The van der Waals surface area contributed by atoms with Crippen molar-refractivity contribution in [2.24, 2.45) is 0 Å². The van der Waals surface area contributed by atoms with E-state index in [1.165, 1.54) is 0 Å². The number of hydrogen-bond donors (Lipinski definition) is 1. The van der Waals surface area contributed by atoms with Gasteiger partial charge in [0.2, 0.25) is 6.10 Å². The molecule has 128 valence electrons. The van der Waals surface area contributed by atoms with Crippen LogP contribution in [0.4, 0.5) is 5.82 Å². The van der Waals surface area contributed by atoms with Crippen molar-refractivity contribution in [1.29, 1.82) is 0 Å². The largest absolute Gasteiger partial charge is 0.493 e. The molecule has 6 heteroatoms. The molecule has 6 nitrogen and oxygen atoms in total. The van der Waals surface area contributed by atoms with Crippen LogP contribution in [0.3, 0.4) is 0 Å². The zero-order valence-corrected chi connectivity index (χ0v) is 13.9. The van der Waals surface area contributed by atoms with Gasteiger partial charge in [0.25, 0.3) is 5.91 Å². The first kappa shape index (κ1) is 16.6. The van der Waals surface area contributed by atoms with Crippen LogP contribution in [0.1, 0.15) is 17.4 Å². The van der Waals surface area contributed by atoms with Crippen LogP contribution in [-0.2, 0) is 4.79 Å². The summed E-state index contributed by atoms with van der Waals surface area (Å²) in [5, 5.41) is 6.49. The number of carbonyl (C=O) groups is 1. The summed E-state index contributed by atoms with van der Waals surface area (Å²) in [5.41, 5.74) is 0.714. The maximum atomic E-state index is 12.8. The Morgan fingerprint density at radius 3 is 2.40 bits per heavy atom. The Labute approximate surface area is 145 Å². The fourth-order valence-corrected chi connectivity index (χ4v) is 2.36. The maximum absolute atomic E-state index is 12.8. The number of benzene rings is 2. The van der Waals surface area contributed by atoms with Crippen LogP contribution in [0.2, 0.25) is 0 Å². The van der Waals surface area contributed by atoms with Gasteiger partial charge in [0.15, 0.2) is 17.3 Å². The third-order valence-corrected chi connectivity index (χ3v) is 3.53. The van der Waals surface area contributed by atoms with Gasteiger partial charge in [-0.15, -0.1) is 0 Å². The summed E-state index contributed by atoms with van der Waals surface area (Å²) in [7, 11) is 1.55. The molecule has 1 atom stereocenters. The van der Waals surface area contributed by atoms with E-state index in [0.29, 0.717) is 28.6 Å². The van der Waals surface area contributed by atoms with Gasteiger partial charge in [0.05, 0.1) is 7.11 Å². The number of aryl methyl sites for hydroxylation is 1. The van der Waals surface area contributed by atoms with Crippen LogP contribution >= 0.6 is 0 Å². The first-order chi connectivity index (χ1) is 12.2. The van der Waals surface area contributed by atoms with Gasteiger partial charge in [0.1, 0.15) is 5.76 Å². The topological polar surface area (TPSA) is 73.6 Å². The zero-order valence-electron chi connectivity index (χ0n) is 13.9. The van der Waals surface area contributed by atoms with Crippen LogP contribution in [0.5, 0.6) is 11.5 Å². The maximum Gasteiger partial charge on any atom is 0.271 e. The van der Waals surface area contributed by atoms with E-state index in [1.54, 1.807) is 32.2 Å². The van der Waals surface area contributed by atoms with Crippen molar-refractivity contribution in [2.75, 3.05) is 12.4 Å².